The van der Waals surface area contributed by atoms with E-state index in [4.69, 9.17) is 0 Å². The Kier molecular flexibility index (Phi) is 4.45. The third-order valence-corrected chi connectivity index (χ3v) is 5.20. The first kappa shape index (κ1) is 16.2. The molecule has 1 fully saturated rings. The number of piperidine rings is 1. The molecule has 2 aliphatic rings. The van der Waals surface area contributed by atoms with Crippen molar-refractivity contribution < 1.29 is 4.79 Å². The van der Waals surface area contributed by atoms with Crippen molar-refractivity contribution in [3.63, 3.8) is 0 Å². The Morgan fingerprint density at radius 2 is 1.68 bits per heavy atom. The maximum Gasteiger partial charge on any atom is 0.226 e. The van der Waals surface area contributed by atoms with Gasteiger partial charge in [0.1, 0.15) is 0 Å². The van der Waals surface area contributed by atoms with Crippen molar-refractivity contribution in [2.45, 2.75) is 25.8 Å². The van der Waals surface area contributed by atoms with Crippen LogP contribution in [-0.2, 0) is 11.3 Å². The quantitative estimate of drug-likeness (QED) is 0.835. The summed E-state index contributed by atoms with van der Waals surface area (Å²) in [6, 6.07) is 17.1. The zero-order valence-corrected chi connectivity index (χ0v) is 14.8. The molecule has 4 nitrogen and oxygen atoms in total. The van der Waals surface area contributed by atoms with Crippen LogP contribution in [0.5, 0.6) is 0 Å². The van der Waals surface area contributed by atoms with Gasteiger partial charge in [0.25, 0.3) is 0 Å². The summed E-state index contributed by atoms with van der Waals surface area (Å²) >= 11 is 0. The molecule has 25 heavy (non-hydrogen) atoms. The van der Waals surface area contributed by atoms with Gasteiger partial charge in [0, 0.05) is 49.7 Å². The van der Waals surface area contributed by atoms with Crippen LogP contribution >= 0.6 is 0 Å². The molecular formula is C21H25N3O. The number of nitrogens with zero attached hydrogens (tertiary/aromatic N) is 3. The van der Waals surface area contributed by atoms with Crippen LogP contribution in [-0.4, -0.2) is 37.5 Å². The molecule has 130 valence electrons. The fourth-order valence-corrected chi connectivity index (χ4v) is 3.85. The second-order valence-corrected chi connectivity index (χ2v) is 7.04. The Morgan fingerprint density at radius 1 is 0.840 bits per heavy atom. The Labute approximate surface area is 149 Å². The number of likely N-dealkylation sites (N-methyl/N-ethyl adjacent to an activating group) is 1. The smallest absolute Gasteiger partial charge is 0.226 e. The predicted molar refractivity (Wildman–Crippen MR) is 102 cm³/mol. The molecule has 0 spiro atoms. The molecule has 0 atom stereocenters. The summed E-state index contributed by atoms with van der Waals surface area (Å²) in [5, 5.41) is 0. The lowest BCUT2D eigenvalue weighted by Crippen LogP contribution is -2.35. The highest BCUT2D eigenvalue weighted by atomic mass is 16.2. The Hall–Kier alpha value is -2.33. The average molecular weight is 335 g/mol. The van der Waals surface area contributed by atoms with Gasteiger partial charge in [0.05, 0.1) is 0 Å². The summed E-state index contributed by atoms with van der Waals surface area (Å²) in [5.41, 5.74) is 4.82. The molecule has 4 heteroatoms. The third kappa shape index (κ3) is 3.27. The van der Waals surface area contributed by atoms with Gasteiger partial charge in [-0.2, -0.15) is 0 Å². The van der Waals surface area contributed by atoms with Crippen molar-refractivity contribution >= 4 is 23.0 Å². The second-order valence-electron chi connectivity index (χ2n) is 7.04. The van der Waals surface area contributed by atoms with E-state index in [1.165, 1.54) is 16.9 Å². The van der Waals surface area contributed by atoms with Crippen LogP contribution in [0.3, 0.4) is 0 Å². The fourth-order valence-electron chi connectivity index (χ4n) is 3.85. The summed E-state index contributed by atoms with van der Waals surface area (Å²) in [7, 11) is 2.16. The van der Waals surface area contributed by atoms with Crippen LogP contribution in [0.15, 0.2) is 48.5 Å². The molecule has 2 aromatic rings. The number of hydrogen-bond donors (Lipinski definition) is 0. The number of carbonyl (C=O) groups is 1. The highest BCUT2D eigenvalue weighted by Gasteiger charge is 2.23. The molecule has 0 saturated carbocycles. The molecule has 0 bridgehead atoms. The minimum Gasteiger partial charge on any atom is -0.340 e. The van der Waals surface area contributed by atoms with Gasteiger partial charge < -0.3 is 14.7 Å². The normalized spacial score (nSPS) is 18.8. The Balaban J connectivity index is 1.72. The van der Waals surface area contributed by atoms with E-state index >= 15 is 0 Å². The van der Waals surface area contributed by atoms with E-state index in [9.17, 15) is 4.79 Å². The van der Waals surface area contributed by atoms with Gasteiger partial charge in [0.15, 0.2) is 0 Å². The number of rotatable bonds is 2. The lowest BCUT2D eigenvalue weighted by Gasteiger charge is -2.29. The molecule has 0 radical (unpaired) electrons. The van der Waals surface area contributed by atoms with Crippen LogP contribution in [0.25, 0.3) is 0 Å². The van der Waals surface area contributed by atoms with Crippen LogP contribution in [0.2, 0.25) is 0 Å². The minimum atomic E-state index is 0.257. The van der Waals surface area contributed by atoms with E-state index in [0.717, 1.165) is 44.7 Å². The topological polar surface area (TPSA) is 26.8 Å². The van der Waals surface area contributed by atoms with E-state index in [1.54, 1.807) is 0 Å². The summed E-state index contributed by atoms with van der Waals surface area (Å²) in [6.45, 7) is 3.74. The molecule has 2 heterocycles. The van der Waals surface area contributed by atoms with Crippen molar-refractivity contribution in [3.8, 4) is 0 Å². The average Bonchev–Trinajstić information content (AvgIpc) is 2.80. The number of benzene rings is 2. The van der Waals surface area contributed by atoms with E-state index in [0.29, 0.717) is 6.42 Å². The summed E-state index contributed by atoms with van der Waals surface area (Å²) < 4.78 is 0. The van der Waals surface area contributed by atoms with E-state index in [-0.39, 0.29) is 5.91 Å². The molecule has 2 aliphatic heterocycles. The van der Waals surface area contributed by atoms with Crippen LogP contribution in [0, 0.1) is 0 Å². The van der Waals surface area contributed by atoms with Crippen LogP contribution in [0.1, 0.15) is 24.8 Å². The monoisotopic (exact) mass is 335 g/mol. The number of fused-ring (bicyclic) bond motifs is 1. The van der Waals surface area contributed by atoms with Crippen molar-refractivity contribution in [2.75, 3.05) is 36.5 Å². The van der Waals surface area contributed by atoms with Gasteiger partial charge in [0.2, 0.25) is 5.91 Å². The lowest BCUT2D eigenvalue weighted by molar-refractivity contribution is -0.119. The standard InChI is InChI=1S/C21H25N3O/c1-22-13-14-23(18-7-3-2-4-8-18)20-11-10-19(15-17(20)16-22)24-12-6-5-9-21(24)25/h2-4,7-8,10-11,15H,5-6,9,12-14,16H2,1H3. The molecular weight excluding hydrogens is 310 g/mol. The summed E-state index contributed by atoms with van der Waals surface area (Å²) in [6.07, 6.45) is 2.79. The highest BCUT2D eigenvalue weighted by molar-refractivity contribution is 5.94. The van der Waals surface area contributed by atoms with Crippen molar-refractivity contribution in [1.29, 1.82) is 0 Å². The van der Waals surface area contributed by atoms with Gasteiger partial charge in [-0.25, -0.2) is 0 Å². The van der Waals surface area contributed by atoms with Gasteiger partial charge in [-0.1, -0.05) is 18.2 Å². The molecule has 4 rings (SSSR count). The van der Waals surface area contributed by atoms with E-state index in [1.807, 2.05) is 4.90 Å². The summed E-state index contributed by atoms with van der Waals surface area (Å²) in [4.78, 5) is 19.0. The first-order valence-electron chi connectivity index (χ1n) is 9.17. The molecule has 2 aromatic carbocycles. The Bertz CT molecular complexity index is 759. The van der Waals surface area contributed by atoms with Gasteiger partial charge in [-0.3, -0.25) is 4.79 Å². The highest BCUT2D eigenvalue weighted by Crippen LogP contribution is 2.34. The molecule has 0 unspecified atom stereocenters. The van der Waals surface area contributed by atoms with E-state index in [2.05, 4.69) is 65.4 Å². The zero-order chi connectivity index (χ0) is 17.2. The maximum absolute atomic E-state index is 12.3. The first-order chi connectivity index (χ1) is 12.2. The van der Waals surface area contributed by atoms with Gasteiger partial charge >= 0.3 is 0 Å². The molecule has 0 aliphatic carbocycles. The largest absolute Gasteiger partial charge is 0.340 e. The van der Waals surface area contributed by atoms with Gasteiger partial charge in [-0.15, -0.1) is 0 Å². The molecule has 0 aromatic heterocycles. The number of carbonyl (C=O) groups excluding carboxylic acids is 1. The minimum absolute atomic E-state index is 0.257. The molecule has 1 saturated heterocycles. The van der Waals surface area contributed by atoms with Crippen molar-refractivity contribution in [2.24, 2.45) is 0 Å². The molecule has 1 amide bonds. The number of amides is 1. The predicted octanol–water partition coefficient (Wildman–Crippen LogP) is 3.79. The van der Waals surface area contributed by atoms with Crippen molar-refractivity contribution in [3.05, 3.63) is 54.1 Å². The van der Waals surface area contributed by atoms with Crippen molar-refractivity contribution in [1.82, 2.24) is 4.90 Å². The number of anilines is 3. The molecule has 0 N–H and O–H groups in total. The second kappa shape index (κ2) is 6.89. The van der Waals surface area contributed by atoms with Crippen LogP contribution in [0.4, 0.5) is 17.1 Å². The van der Waals surface area contributed by atoms with Crippen LogP contribution < -0.4 is 9.80 Å². The zero-order valence-electron chi connectivity index (χ0n) is 14.8. The number of para-hydroxylation sites is 1. The van der Waals surface area contributed by atoms with Gasteiger partial charge in [-0.05, 0) is 55.8 Å². The SMILES string of the molecule is CN1CCN(c2ccccc2)c2ccc(N3CCCCC3=O)cc2C1. The summed E-state index contributed by atoms with van der Waals surface area (Å²) in [5.74, 6) is 0.257. The fraction of sp³-hybridized carbons (Fsp3) is 0.381. The maximum atomic E-state index is 12.3. The Morgan fingerprint density at radius 3 is 2.48 bits per heavy atom. The van der Waals surface area contributed by atoms with E-state index < -0.39 is 0 Å². The number of hydrogen-bond acceptors (Lipinski definition) is 3. The lowest BCUT2D eigenvalue weighted by atomic mass is 10.1. The third-order valence-electron chi connectivity index (χ3n) is 5.20. The first-order valence-corrected chi connectivity index (χ1v) is 9.17.